The van der Waals surface area contributed by atoms with E-state index in [2.05, 4.69) is 34.8 Å². The normalized spacial score (nSPS) is 20.2. The minimum atomic E-state index is -0.518. The van der Waals surface area contributed by atoms with Crippen LogP contribution in [0.25, 0.3) is 0 Å². The highest BCUT2D eigenvalue weighted by molar-refractivity contribution is 5.90. The van der Waals surface area contributed by atoms with Gasteiger partial charge in [-0.25, -0.2) is 4.98 Å². The maximum atomic E-state index is 13.8. The molecule has 1 unspecified atom stereocenters. The number of amides is 2. The van der Waals surface area contributed by atoms with Crippen molar-refractivity contribution in [2.24, 2.45) is 23.7 Å². The monoisotopic (exact) mass is 485 g/mol. The fourth-order valence-electron chi connectivity index (χ4n) is 6.30. The number of pyridine rings is 1. The average Bonchev–Trinajstić information content (AvgIpc) is 2.89. The molecular formula is C28H47N5O2. The Kier molecular flexibility index (Phi) is 10.8. The molecule has 0 aliphatic heterocycles. The third-order valence-corrected chi connectivity index (χ3v) is 8.47. The molecule has 1 heterocycles. The molecule has 0 radical (unpaired) electrons. The molecule has 7 nitrogen and oxygen atoms in total. The van der Waals surface area contributed by atoms with Crippen LogP contribution in [0.5, 0.6) is 0 Å². The van der Waals surface area contributed by atoms with Crippen LogP contribution >= 0.6 is 0 Å². The number of rotatable bonds is 11. The van der Waals surface area contributed by atoms with Crippen LogP contribution in [0.3, 0.4) is 0 Å². The molecule has 3 atom stereocenters. The summed E-state index contributed by atoms with van der Waals surface area (Å²) in [5, 5.41) is 9.60. The summed E-state index contributed by atoms with van der Waals surface area (Å²) in [6, 6.07) is 2.80. The summed E-state index contributed by atoms with van der Waals surface area (Å²) >= 11 is 0. The van der Waals surface area contributed by atoms with Gasteiger partial charge in [-0.15, -0.1) is 0 Å². The minimum absolute atomic E-state index is 0.0622. The number of carbonyl (C=O) groups excluding carboxylic acids is 2. The molecule has 5 N–H and O–H groups in total. The van der Waals surface area contributed by atoms with E-state index in [0.717, 1.165) is 37.7 Å². The molecule has 0 saturated heterocycles. The summed E-state index contributed by atoms with van der Waals surface area (Å²) in [6.45, 7) is 4.56. The first-order chi connectivity index (χ1) is 16.9. The van der Waals surface area contributed by atoms with Gasteiger partial charge in [-0.05, 0) is 42.3 Å². The van der Waals surface area contributed by atoms with Crippen LogP contribution in [0.15, 0.2) is 18.3 Å². The molecule has 3 rings (SSSR count). The molecule has 2 aliphatic rings. The molecule has 2 aliphatic carbocycles. The fraction of sp³-hybridized carbons (Fsp3) is 0.750. The van der Waals surface area contributed by atoms with E-state index in [4.69, 9.17) is 5.73 Å². The smallest absolute Gasteiger partial charge is 0.243 e. The van der Waals surface area contributed by atoms with Crippen LogP contribution in [-0.2, 0) is 16.1 Å². The van der Waals surface area contributed by atoms with E-state index in [1.54, 1.807) is 12.3 Å². The maximum Gasteiger partial charge on any atom is 0.243 e. The first-order valence-corrected chi connectivity index (χ1v) is 13.9. The standard InChI is InChI=1S/C28H47N5O2/c1-4-19(2)25(30-3)28(35)33-26(27(34)32-18-20-15-16-23(29)31-17-20)24(21-11-7-5-8-12-21)22-13-9-6-10-14-22/h15-17,19,21-22,24-26,30H,4-14,18H2,1-3H3,(H2,29,31)(H,32,34)(H,33,35)/t19?,25-,26+/m0/s1. The molecule has 0 bridgehead atoms. The van der Waals surface area contributed by atoms with Gasteiger partial charge in [-0.3, -0.25) is 9.59 Å². The number of anilines is 1. The Morgan fingerprint density at radius 2 is 1.57 bits per heavy atom. The topological polar surface area (TPSA) is 109 Å². The lowest BCUT2D eigenvalue weighted by molar-refractivity contribution is -0.133. The molecule has 2 amide bonds. The summed E-state index contributed by atoms with van der Waals surface area (Å²) in [7, 11) is 1.83. The largest absolute Gasteiger partial charge is 0.384 e. The lowest BCUT2D eigenvalue weighted by atomic mass is 9.66. The van der Waals surface area contributed by atoms with Gasteiger partial charge in [-0.1, -0.05) is 90.5 Å². The molecule has 7 heteroatoms. The van der Waals surface area contributed by atoms with Crippen molar-refractivity contribution in [2.75, 3.05) is 12.8 Å². The molecule has 196 valence electrons. The highest BCUT2D eigenvalue weighted by Crippen LogP contribution is 2.42. The van der Waals surface area contributed by atoms with Crippen molar-refractivity contribution < 1.29 is 9.59 Å². The molecule has 1 aromatic heterocycles. The van der Waals surface area contributed by atoms with E-state index >= 15 is 0 Å². The molecule has 0 aromatic carbocycles. The average molecular weight is 486 g/mol. The molecule has 1 aromatic rings. The Morgan fingerprint density at radius 1 is 0.971 bits per heavy atom. The Morgan fingerprint density at radius 3 is 2.06 bits per heavy atom. The number of hydrogen-bond acceptors (Lipinski definition) is 5. The van der Waals surface area contributed by atoms with Crippen molar-refractivity contribution in [1.82, 2.24) is 20.9 Å². The number of nitrogens with zero attached hydrogens (tertiary/aromatic N) is 1. The maximum absolute atomic E-state index is 13.8. The van der Waals surface area contributed by atoms with Crippen LogP contribution in [0.1, 0.15) is 90.0 Å². The van der Waals surface area contributed by atoms with E-state index in [-0.39, 0.29) is 29.7 Å². The van der Waals surface area contributed by atoms with Gasteiger partial charge in [0.25, 0.3) is 0 Å². The van der Waals surface area contributed by atoms with Crippen molar-refractivity contribution in [3.63, 3.8) is 0 Å². The highest BCUT2D eigenvalue weighted by atomic mass is 16.2. The predicted molar refractivity (Wildman–Crippen MR) is 141 cm³/mol. The van der Waals surface area contributed by atoms with Crippen LogP contribution in [-0.4, -0.2) is 35.9 Å². The summed E-state index contributed by atoms with van der Waals surface area (Å²) in [6.07, 6.45) is 14.7. The minimum Gasteiger partial charge on any atom is -0.384 e. The quantitative estimate of drug-likeness (QED) is 0.376. The third kappa shape index (κ3) is 7.66. The van der Waals surface area contributed by atoms with E-state index in [1.165, 1.54) is 38.5 Å². The van der Waals surface area contributed by atoms with Crippen molar-refractivity contribution >= 4 is 17.6 Å². The lowest BCUT2D eigenvalue weighted by Gasteiger charge is -2.42. The third-order valence-electron chi connectivity index (χ3n) is 8.47. The Bertz CT molecular complexity index is 769. The van der Waals surface area contributed by atoms with Crippen molar-refractivity contribution in [2.45, 2.75) is 103 Å². The molecular weight excluding hydrogens is 438 g/mol. The molecule has 2 saturated carbocycles. The number of nitrogen functional groups attached to an aromatic ring is 1. The van der Waals surface area contributed by atoms with Crippen molar-refractivity contribution in [3.05, 3.63) is 23.9 Å². The van der Waals surface area contributed by atoms with E-state index < -0.39 is 6.04 Å². The second-order valence-corrected chi connectivity index (χ2v) is 10.8. The Labute approximate surface area is 211 Å². The summed E-state index contributed by atoms with van der Waals surface area (Å²) < 4.78 is 0. The van der Waals surface area contributed by atoms with Crippen LogP contribution in [0, 0.1) is 23.7 Å². The summed E-state index contributed by atoms with van der Waals surface area (Å²) in [5.74, 6) is 1.66. The second kappa shape index (κ2) is 13.8. The molecule has 35 heavy (non-hydrogen) atoms. The van der Waals surface area contributed by atoms with Gasteiger partial charge in [0.2, 0.25) is 11.8 Å². The van der Waals surface area contributed by atoms with E-state index in [9.17, 15) is 9.59 Å². The fourth-order valence-corrected chi connectivity index (χ4v) is 6.30. The predicted octanol–water partition coefficient (Wildman–Crippen LogP) is 4.18. The van der Waals surface area contributed by atoms with Crippen LogP contribution < -0.4 is 21.7 Å². The van der Waals surface area contributed by atoms with Crippen molar-refractivity contribution in [3.8, 4) is 0 Å². The van der Waals surface area contributed by atoms with Crippen molar-refractivity contribution in [1.29, 1.82) is 0 Å². The zero-order valence-electron chi connectivity index (χ0n) is 22.0. The number of hydrogen-bond donors (Lipinski definition) is 4. The van der Waals surface area contributed by atoms with Gasteiger partial charge in [-0.2, -0.15) is 0 Å². The van der Waals surface area contributed by atoms with E-state index in [0.29, 0.717) is 24.2 Å². The Balaban J connectivity index is 1.85. The van der Waals surface area contributed by atoms with Gasteiger partial charge >= 0.3 is 0 Å². The number of carbonyl (C=O) groups is 2. The highest BCUT2D eigenvalue weighted by Gasteiger charge is 2.41. The second-order valence-electron chi connectivity index (χ2n) is 10.8. The van der Waals surface area contributed by atoms with Gasteiger partial charge in [0, 0.05) is 12.7 Å². The lowest BCUT2D eigenvalue weighted by Crippen LogP contribution is -2.58. The summed E-state index contributed by atoms with van der Waals surface area (Å²) in [4.78, 5) is 31.4. The van der Waals surface area contributed by atoms with Gasteiger partial charge in [0.1, 0.15) is 11.9 Å². The SMILES string of the molecule is CCC(C)[C@H](NC)C(=O)N[C@@H](C(=O)NCc1ccc(N)nc1)C(C1CCCCC1)C1CCCCC1. The number of aromatic nitrogens is 1. The van der Waals surface area contributed by atoms with Crippen LogP contribution in [0.2, 0.25) is 0 Å². The first-order valence-electron chi connectivity index (χ1n) is 13.9. The van der Waals surface area contributed by atoms with Gasteiger partial charge in [0.15, 0.2) is 0 Å². The van der Waals surface area contributed by atoms with Crippen LogP contribution in [0.4, 0.5) is 5.82 Å². The number of nitrogens with one attached hydrogen (secondary N) is 3. The zero-order valence-corrected chi connectivity index (χ0v) is 22.0. The first kappa shape index (κ1) is 27.4. The van der Waals surface area contributed by atoms with Gasteiger partial charge < -0.3 is 21.7 Å². The Hall–Kier alpha value is -2.15. The molecule has 0 spiro atoms. The van der Waals surface area contributed by atoms with E-state index in [1.807, 2.05) is 13.1 Å². The number of likely N-dealkylation sites (N-methyl/N-ethyl adjacent to an activating group) is 1. The number of nitrogens with two attached hydrogens (primary N) is 1. The summed E-state index contributed by atoms with van der Waals surface area (Å²) in [5.41, 5.74) is 6.62. The molecule has 2 fully saturated rings. The zero-order chi connectivity index (χ0) is 25.2. The van der Waals surface area contributed by atoms with Gasteiger partial charge in [0.05, 0.1) is 6.04 Å².